The van der Waals surface area contributed by atoms with Crippen molar-refractivity contribution in [2.45, 2.75) is 19.4 Å². The van der Waals surface area contributed by atoms with Gasteiger partial charge in [-0.3, -0.25) is 9.59 Å². The monoisotopic (exact) mass is 393 g/mol. The van der Waals surface area contributed by atoms with Crippen LogP contribution in [0.5, 0.6) is 0 Å². The minimum atomic E-state index is -3.13. The van der Waals surface area contributed by atoms with Crippen LogP contribution in [-0.2, 0) is 19.4 Å². The van der Waals surface area contributed by atoms with E-state index in [0.717, 1.165) is 11.6 Å². The fourth-order valence-corrected chi connectivity index (χ4v) is 4.73. The molecule has 0 N–H and O–H groups in total. The quantitative estimate of drug-likeness (QED) is 0.710. The number of carbonyl (C=O) groups excluding carboxylic acids is 2. The van der Waals surface area contributed by atoms with Gasteiger partial charge in [0, 0.05) is 19.2 Å². The first-order valence-electron chi connectivity index (χ1n) is 8.34. The number of nitrogens with zero attached hydrogens (tertiary/aromatic N) is 1. The summed E-state index contributed by atoms with van der Waals surface area (Å²) in [5.74, 6) is -1.81. The summed E-state index contributed by atoms with van der Waals surface area (Å²) < 4.78 is 33.4. The normalized spacial score (nSPS) is 18.4. The Labute approximate surface area is 155 Å². The number of likely N-dealkylation sites (N-methyl/N-ethyl adjacent to an activating group) is 1. The maximum absolute atomic E-state index is 12.2. The van der Waals surface area contributed by atoms with Gasteiger partial charge in [-0.1, -0.05) is 11.6 Å². The molecule has 1 aliphatic rings. The molecule has 27 heavy (non-hydrogen) atoms. The lowest BCUT2D eigenvalue weighted by atomic mass is 10.1. The lowest BCUT2D eigenvalue weighted by Crippen LogP contribution is -2.40. The Bertz CT molecular complexity index is 1070. The molecule has 1 atom stereocenters. The first-order valence-corrected chi connectivity index (χ1v) is 10.2. The van der Waals surface area contributed by atoms with Crippen molar-refractivity contribution in [3.05, 3.63) is 45.8 Å². The minimum absolute atomic E-state index is 0.0385. The van der Waals surface area contributed by atoms with Crippen LogP contribution in [0, 0.1) is 6.92 Å². The summed E-state index contributed by atoms with van der Waals surface area (Å²) in [4.78, 5) is 37.7. The molecule has 8 nitrogen and oxygen atoms in total. The molecule has 1 amide bonds. The summed E-state index contributed by atoms with van der Waals surface area (Å²) in [7, 11) is -1.66. The molecular formula is C18H19NO7S. The highest BCUT2D eigenvalue weighted by molar-refractivity contribution is 7.91. The lowest BCUT2D eigenvalue weighted by molar-refractivity contribution is -0.134. The van der Waals surface area contributed by atoms with E-state index >= 15 is 0 Å². The second-order valence-corrected chi connectivity index (χ2v) is 8.84. The van der Waals surface area contributed by atoms with E-state index in [1.54, 1.807) is 18.2 Å². The number of amides is 1. The Balaban J connectivity index is 1.67. The van der Waals surface area contributed by atoms with Gasteiger partial charge < -0.3 is 14.1 Å². The van der Waals surface area contributed by atoms with Crippen molar-refractivity contribution in [1.82, 2.24) is 4.90 Å². The van der Waals surface area contributed by atoms with Crippen molar-refractivity contribution in [1.29, 1.82) is 0 Å². The Hall–Kier alpha value is -2.68. The molecule has 2 aromatic rings. The maximum Gasteiger partial charge on any atom is 0.374 e. The van der Waals surface area contributed by atoms with Crippen LogP contribution < -0.4 is 5.43 Å². The zero-order chi connectivity index (χ0) is 19.8. The van der Waals surface area contributed by atoms with E-state index in [1.807, 2.05) is 6.92 Å². The second kappa shape index (κ2) is 7.15. The van der Waals surface area contributed by atoms with Gasteiger partial charge in [-0.15, -0.1) is 0 Å². The molecule has 0 aliphatic carbocycles. The molecule has 0 radical (unpaired) electrons. The van der Waals surface area contributed by atoms with Gasteiger partial charge in [0.25, 0.3) is 5.91 Å². The molecule has 0 saturated carbocycles. The van der Waals surface area contributed by atoms with Crippen LogP contribution in [0.3, 0.4) is 0 Å². The number of fused-ring (bicyclic) bond motifs is 1. The van der Waals surface area contributed by atoms with Crippen LogP contribution in [0.2, 0.25) is 0 Å². The molecule has 0 spiro atoms. The summed E-state index contributed by atoms with van der Waals surface area (Å²) in [5, 5.41) is 0.352. The number of hydrogen-bond acceptors (Lipinski definition) is 7. The van der Waals surface area contributed by atoms with Gasteiger partial charge in [0.1, 0.15) is 5.58 Å². The fraction of sp³-hybridized carbons (Fsp3) is 0.389. The Kier molecular flexibility index (Phi) is 5.05. The van der Waals surface area contributed by atoms with Crippen LogP contribution in [-0.4, -0.2) is 56.4 Å². The molecule has 3 rings (SSSR count). The molecule has 1 aromatic heterocycles. The zero-order valence-electron chi connectivity index (χ0n) is 14.9. The fourth-order valence-electron chi connectivity index (χ4n) is 2.96. The van der Waals surface area contributed by atoms with Crippen molar-refractivity contribution in [2.24, 2.45) is 0 Å². The molecule has 9 heteroatoms. The molecular weight excluding hydrogens is 374 g/mol. The van der Waals surface area contributed by atoms with E-state index in [-0.39, 0.29) is 28.3 Å². The molecule has 144 valence electrons. The van der Waals surface area contributed by atoms with Gasteiger partial charge in [-0.2, -0.15) is 0 Å². The molecule has 0 bridgehead atoms. The first kappa shape index (κ1) is 19.1. The number of esters is 1. The Morgan fingerprint density at radius 2 is 2.04 bits per heavy atom. The highest BCUT2D eigenvalue weighted by Crippen LogP contribution is 2.17. The van der Waals surface area contributed by atoms with Crippen LogP contribution in [0.25, 0.3) is 11.0 Å². The van der Waals surface area contributed by atoms with E-state index in [9.17, 15) is 22.8 Å². The standard InChI is InChI=1S/C18H19NO7S/c1-11-3-4-15-13(7-11)14(20)8-16(26-15)18(22)25-9-17(21)19(2)12-5-6-27(23,24)10-12/h3-4,7-8,12H,5-6,9-10H2,1-2H3/t12-/m1/s1. The summed E-state index contributed by atoms with van der Waals surface area (Å²) in [6.07, 6.45) is 0.359. The number of hydrogen-bond donors (Lipinski definition) is 0. The van der Waals surface area contributed by atoms with Gasteiger partial charge in [-0.05, 0) is 25.5 Å². The lowest BCUT2D eigenvalue weighted by Gasteiger charge is -2.23. The maximum atomic E-state index is 12.2. The van der Waals surface area contributed by atoms with Gasteiger partial charge in [0.05, 0.1) is 16.9 Å². The van der Waals surface area contributed by atoms with Crippen molar-refractivity contribution in [3.8, 4) is 0 Å². The van der Waals surface area contributed by atoms with E-state index < -0.39 is 34.4 Å². The second-order valence-electron chi connectivity index (χ2n) is 6.61. The van der Waals surface area contributed by atoms with Crippen LogP contribution >= 0.6 is 0 Å². The van der Waals surface area contributed by atoms with Gasteiger partial charge >= 0.3 is 5.97 Å². The van der Waals surface area contributed by atoms with Crippen molar-refractivity contribution in [2.75, 3.05) is 25.2 Å². The largest absolute Gasteiger partial charge is 0.450 e. The van der Waals surface area contributed by atoms with Gasteiger partial charge in [0.2, 0.25) is 5.76 Å². The smallest absolute Gasteiger partial charge is 0.374 e. The predicted octanol–water partition coefficient (Wildman–Crippen LogP) is 0.904. The van der Waals surface area contributed by atoms with Crippen LogP contribution in [0.15, 0.2) is 33.5 Å². The van der Waals surface area contributed by atoms with Gasteiger partial charge in [0.15, 0.2) is 21.9 Å². The van der Waals surface area contributed by atoms with E-state index in [4.69, 9.17) is 9.15 Å². The average molecular weight is 393 g/mol. The van der Waals surface area contributed by atoms with Gasteiger partial charge in [-0.25, -0.2) is 13.2 Å². The van der Waals surface area contributed by atoms with Crippen LogP contribution in [0.4, 0.5) is 0 Å². The molecule has 2 heterocycles. The number of sulfone groups is 1. The van der Waals surface area contributed by atoms with E-state index in [2.05, 4.69) is 0 Å². The van der Waals surface area contributed by atoms with E-state index in [1.165, 1.54) is 11.9 Å². The number of ether oxygens (including phenoxy) is 1. The van der Waals surface area contributed by atoms with Crippen molar-refractivity contribution >= 4 is 32.7 Å². The molecule has 0 unspecified atom stereocenters. The molecule has 1 saturated heterocycles. The average Bonchev–Trinajstić information content (AvgIpc) is 2.99. The zero-order valence-corrected chi connectivity index (χ0v) is 15.7. The molecule has 1 fully saturated rings. The van der Waals surface area contributed by atoms with Crippen molar-refractivity contribution in [3.63, 3.8) is 0 Å². The number of aryl methyl sites for hydroxylation is 1. The molecule has 1 aliphatic heterocycles. The summed E-state index contributed by atoms with van der Waals surface area (Å²) in [5.41, 5.74) is 0.749. The number of rotatable bonds is 4. The summed E-state index contributed by atoms with van der Waals surface area (Å²) in [6.45, 7) is 1.26. The van der Waals surface area contributed by atoms with Crippen LogP contribution in [0.1, 0.15) is 22.5 Å². The summed E-state index contributed by atoms with van der Waals surface area (Å²) in [6, 6.07) is 5.59. The third-order valence-electron chi connectivity index (χ3n) is 4.56. The number of carbonyl (C=O) groups is 2. The van der Waals surface area contributed by atoms with E-state index in [0.29, 0.717) is 11.8 Å². The Morgan fingerprint density at radius 3 is 2.70 bits per heavy atom. The molecule has 1 aromatic carbocycles. The van der Waals surface area contributed by atoms with Crippen molar-refractivity contribution < 1.29 is 27.2 Å². The predicted molar refractivity (Wildman–Crippen MR) is 97.3 cm³/mol. The SMILES string of the molecule is Cc1ccc2oc(C(=O)OCC(=O)N(C)[C@@H]3CCS(=O)(=O)C3)cc(=O)c2c1. The Morgan fingerprint density at radius 1 is 1.30 bits per heavy atom. The highest BCUT2D eigenvalue weighted by atomic mass is 32.2. The third kappa shape index (κ3) is 4.19. The first-order chi connectivity index (χ1) is 12.7. The summed E-state index contributed by atoms with van der Waals surface area (Å²) >= 11 is 0. The topological polar surface area (TPSA) is 111 Å². The highest BCUT2D eigenvalue weighted by Gasteiger charge is 2.33. The minimum Gasteiger partial charge on any atom is -0.450 e. The third-order valence-corrected chi connectivity index (χ3v) is 6.31. The number of benzene rings is 1.